The van der Waals surface area contributed by atoms with E-state index in [2.05, 4.69) is 15.0 Å². The van der Waals surface area contributed by atoms with Crippen molar-refractivity contribution in [2.45, 2.75) is 13.0 Å². The van der Waals surface area contributed by atoms with Crippen LogP contribution in [0, 0.1) is 6.92 Å². The first-order chi connectivity index (χ1) is 7.00. The number of aliphatic hydroxyl groups excluding tert-OH is 1. The van der Waals surface area contributed by atoms with Crippen LogP contribution in [0.3, 0.4) is 0 Å². The zero-order valence-electron chi connectivity index (χ0n) is 7.93. The summed E-state index contributed by atoms with van der Waals surface area (Å²) < 4.78 is 4.65. The van der Waals surface area contributed by atoms with Crippen LogP contribution < -0.4 is 5.32 Å². The Kier molecular flexibility index (Phi) is 3.40. The van der Waals surface area contributed by atoms with Gasteiger partial charge in [0.2, 0.25) is 0 Å². The minimum Gasteiger partial charge on any atom is -0.479 e. The van der Waals surface area contributed by atoms with E-state index in [1.807, 2.05) is 0 Å². The summed E-state index contributed by atoms with van der Waals surface area (Å²) in [6.07, 6.45) is -1.62. The van der Waals surface area contributed by atoms with E-state index in [1.165, 1.54) is 6.07 Å². The number of aliphatic hydroxyl groups is 1. The first-order valence-electron chi connectivity index (χ1n) is 4.13. The van der Waals surface area contributed by atoms with Gasteiger partial charge in [0.05, 0.1) is 6.54 Å². The maximum absolute atomic E-state index is 11.2. The van der Waals surface area contributed by atoms with Gasteiger partial charge in [-0.2, -0.15) is 0 Å². The van der Waals surface area contributed by atoms with Crippen LogP contribution in [-0.4, -0.2) is 39.9 Å². The molecule has 7 nitrogen and oxygen atoms in total. The third-order valence-corrected chi connectivity index (χ3v) is 1.60. The lowest BCUT2D eigenvalue weighted by atomic mass is 10.3. The SMILES string of the molecule is Cc1cc(C(=O)NCC(O)C(=O)O)no1. The van der Waals surface area contributed by atoms with Gasteiger partial charge in [0.25, 0.3) is 5.91 Å². The highest BCUT2D eigenvalue weighted by Crippen LogP contribution is 2.00. The van der Waals surface area contributed by atoms with E-state index in [9.17, 15) is 9.59 Å². The summed E-state index contributed by atoms with van der Waals surface area (Å²) >= 11 is 0. The molecule has 1 heterocycles. The number of nitrogens with zero attached hydrogens (tertiary/aromatic N) is 1. The number of aromatic nitrogens is 1. The molecular weight excluding hydrogens is 204 g/mol. The highest BCUT2D eigenvalue weighted by atomic mass is 16.5. The van der Waals surface area contributed by atoms with E-state index in [0.29, 0.717) is 5.76 Å². The average Bonchev–Trinajstić information content (AvgIpc) is 2.60. The summed E-state index contributed by atoms with van der Waals surface area (Å²) in [5.41, 5.74) is 0.0464. The van der Waals surface area contributed by atoms with Crippen molar-refractivity contribution in [1.29, 1.82) is 0 Å². The van der Waals surface area contributed by atoms with Gasteiger partial charge in [-0.1, -0.05) is 5.16 Å². The van der Waals surface area contributed by atoms with Crippen LogP contribution in [0.5, 0.6) is 0 Å². The quantitative estimate of drug-likeness (QED) is 0.602. The molecule has 7 heteroatoms. The molecule has 0 aliphatic rings. The number of hydrogen-bond donors (Lipinski definition) is 3. The van der Waals surface area contributed by atoms with Gasteiger partial charge < -0.3 is 20.1 Å². The van der Waals surface area contributed by atoms with Crippen LogP contribution in [0.1, 0.15) is 16.2 Å². The van der Waals surface area contributed by atoms with Crippen molar-refractivity contribution < 1.29 is 24.3 Å². The number of nitrogens with one attached hydrogen (secondary N) is 1. The fourth-order valence-electron chi connectivity index (χ4n) is 0.841. The predicted molar refractivity (Wildman–Crippen MR) is 47.2 cm³/mol. The predicted octanol–water partition coefficient (Wildman–Crippen LogP) is -0.842. The second-order valence-corrected chi connectivity index (χ2v) is 2.89. The molecule has 0 saturated heterocycles. The molecule has 1 rings (SSSR count). The molecule has 0 aliphatic heterocycles. The van der Waals surface area contributed by atoms with Gasteiger partial charge >= 0.3 is 5.97 Å². The largest absolute Gasteiger partial charge is 0.479 e. The summed E-state index contributed by atoms with van der Waals surface area (Å²) in [7, 11) is 0. The zero-order chi connectivity index (χ0) is 11.4. The van der Waals surface area contributed by atoms with Gasteiger partial charge in [0.1, 0.15) is 5.76 Å². The van der Waals surface area contributed by atoms with Crippen LogP contribution in [0.25, 0.3) is 0 Å². The molecule has 1 atom stereocenters. The summed E-state index contributed by atoms with van der Waals surface area (Å²) in [5, 5.41) is 22.8. The Hall–Kier alpha value is -1.89. The molecule has 0 saturated carbocycles. The Labute approximate surface area is 84.7 Å². The fraction of sp³-hybridized carbons (Fsp3) is 0.375. The van der Waals surface area contributed by atoms with Gasteiger partial charge in [-0.3, -0.25) is 4.79 Å². The molecule has 1 aromatic rings. The number of rotatable bonds is 4. The van der Waals surface area contributed by atoms with Crippen molar-refractivity contribution in [3.8, 4) is 0 Å². The molecule has 15 heavy (non-hydrogen) atoms. The second kappa shape index (κ2) is 4.56. The van der Waals surface area contributed by atoms with Gasteiger partial charge in [0.15, 0.2) is 11.8 Å². The van der Waals surface area contributed by atoms with Crippen molar-refractivity contribution in [2.75, 3.05) is 6.54 Å². The molecule has 82 valence electrons. The molecule has 1 unspecified atom stereocenters. The normalized spacial score (nSPS) is 12.1. The Morgan fingerprint density at radius 3 is 2.80 bits per heavy atom. The summed E-state index contributed by atoms with van der Waals surface area (Å²) in [6.45, 7) is 1.25. The Bertz CT molecular complexity index is 373. The van der Waals surface area contributed by atoms with E-state index in [-0.39, 0.29) is 12.2 Å². The van der Waals surface area contributed by atoms with E-state index >= 15 is 0 Å². The van der Waals surface area contributed by atoms with Crippen molar-refractivity contribution in [2.24, 2.45) is 0 Å². The van der Waals surface area contributed by atoms with Crippen LogP contribution >= 0.6 is 0 Å². The Morgan fingerprint density at radius 2 is 2.33 bits per heavy atom. The summed E-state index contributed by atoms with van der Waals surface area (Å²) in [6, 6.07) is 1.41. The number of aliphatic carboxylic acids is 1. The van der Waals surface area contributed by atoms with Crippen molar-refractivity contribution in [1.82, 2.24) is 10.5 Å². The van der Waals surface area contributed by atoms with Gasteiger partial charge in [-0.05, 0) is 6.92 Å². The molecule has 0 bridgehead atoms. The number of carboxylic acids is 1. The minimum absolute atomic E-state index is 0.0464. The number of amides is 1. The third kappa shape index (κ3) is 3.06. The first kappa shape index (κ1) is 11.2. The van der Waals surface area contributed by atoms with Crippen LogP contribution in [-0.2, 0) is 4.79 Å². The lowest BCUT2D eigenvalue weighted by molar-refractivity contribution is -0.146. The van der Waals surface area contributed by atoms with Crippen LogP contribution in [0.2, 0.25) is 0 Å². The zero-order valence-corrected chi connectivity index (χ0v) is 7.93. The lowest BCUT2D eigenvalue weighted by Crippen LogP contribution is -2.36. The van der Waals surface area contributed by atoms with Crippen LogP contribution in [0.4, 0.5) is 0 Å². The Balaban J connectivity index is 2.47. The topological polar surface area (TPSA) is 113 Å². The molecule has 0 spiro atoms. The molecule has 0 aromatic carbocycles. The standard InChI is InChI=1S/C8H10N2O5/c1-4-2-5(10-15-4)7(12)9-3-6(11)8(13)14/h2,6,11H,3H2,1H3,(H,9,12)(H,13,14). The van der Waals surface area contributed by atoms with Crippen molar-refractivity contribution in [3.05, 3.63) is 17.5 Å². The van der Waals surface area contributed by atoms with Crippen LogP contribution in [0.15, 0.2) is 10.6 Å². The second-order valence-electron chi connectivity index (χ2n) is 2.89. The van der Waals surface area contributed by atoms with Crippen molar-refractivity contribution >= 4 is 11.9 Å². The highest BCUT2D eigenvalue weighted by molar-refractivity contribution is 5.92. The number of carboxylic acid groups (broad SMARTS) is 1. The van der Waals surface area contributed by atoms with Gasteiger partial charge in [0, 0.05) is 6.07 Å². The Morgan fingerprint density at radius 1 is 1.67 bits per heavy atom. The molecule has 3 N–H and O–H groups in total. The van der Waals surface area contributed by atoms with Gasteiger partial charge in [-0.25, -0.2) is 4.79 Å². The van der Waals surface area contributed by atoms with Crippen molar-refractivity contribution in [3.63, 3.8) is 0 Å². The monoisotopic (exact) mass is 214 g/mol. The van der Waals surface area contributed by atoms with E-state index in [0.717, 1.165) is 0 Å². The smallest absolute Gasteiger partial charge is 0.334 e. The molecule has 1 amide bonds. The molecular formula is C8H10N2O5. The number of carbonyl (C=O) groups is 2. The molecule has 0 fully saturated rings. The minimum atomic E-state index is -1.62. The molecule has 1 aromatic heterocycles. The number of aryl methyl sites for hydroxylation is 1. The maximum Gasteiger partial charge on any atom is 0.334 e. The molecule has 0 aliphatic carbocycles. The average molecular weight is 214 g/mol. The van der Waals surface area contributed by atoms with Gasteiger partial charge in [-0.15, -0.1) is 0 Å². The fourth-order valence-corrected chi connectivity index (χ4v) is 0.841. The summed E-state index contributed by atoms with van der Waals surface area (Å²) in [5.74, 6) is -1.52. The lowest BCUT2D eigenvalue weighted by Gasteiger charge is -2.05. The van der Waals surface area contributed by atoms with E-state index in [4.69, 9.17) is 10.2 Å². The maximum atomic E-state index is 11.2. The summed E-state index contributed by atoms with van der Waals surface area (Å²) in [4.78, 5) is 21.5. The highest BCUT2D eigenvalue weighted by Gasteiger charge is 2.16. The van der Waals surface area contributed by atoms with E-state index in [1.54, 1.807) is 6.92 Å². The first-order valence-corrected chi connectivity index (χ1v) is 4.13. The van der Waals surface area contributed by atoms with E-state index < -0.39 is 18.0 Å². The number of hydrogen-bond acceptors (Lipinski definition) is 5. The molecule has 0 radical (unpaired) electrons. The number of carbonyl (C=O) groups excluding carboxylic acids is 1. The third-order valence-electron chi connectivity index (χ3n) is 1.60.